The van der Waals surface area contributed by atoms with Crippen LogP contribution in [0.2, 0.25) is 5.02 Å². The van der Waals surface area contributed by atoms with E-state index in [0.29, 0.717) is 28.2 Å². The zero-order valence-electron chi connectivity index (χ0n) is 17.8. The molecule has 3 rings (SSSR count). The van der Waals surface area contributed by atoms with E-state index in [2.05, 4.69) is 28.2 Å². The van der Waals surface area contributed by atoms with Gasteiger partial charge in [0, 0.05) is 17.3 Å². The Morgan fingerprint density at radius 3 is 2.68 bits per heavy atom. The molecular weight excluding hydrogens is 432 g/mol. The SMILES string of the molecule is C=CCn1c(COc2cc(C)cc(C)c2)nnc1SCC(=O)Nc1cccc(Cl)c1C. The number of benzene rings is 2. The van der Waals surface area contributed by atoms with Crippen LogP contribution in [0.25, 0.3) is 0 Å². The predicted octanol–water partition coefficient (Wildman–Crippen LogP) is 5.35. The summed E-state index contributed by atoms with van der Waals surface area (Å²) in [6.07, 6.45) is 1.77. The van der Waals surface area contributed by atoms with Crippen LogP contribution in [0, 0.1) is 20.8 Å². The van der Waals surface area contributed by atoms with Crippen molar-refractivity contribution in [3.05, 3.63) is 76.6 Å². The van der Waals surface area contributed by atoms with Crippen LogP contribution in [-0.2, 0) is 17.9 Å². The van der Waals surface area contributed by atoms with Gasteiger partial charge in [-0.1, -0.05) is 41.6 Å². The molecule has 1 aromatic heterocycles. The molecule has 0 radical (unpaired) electrons. The van der Waals surface area contributed by atoms with Crippen LogP contribution in [0.1, 0.15) is 22.5 Å². The van der Waals surface area contributed by atoms with E-state index in [-0.39, 0.29) is 18.3 Å². The number of rotatable bonds is 9. The number of halogens is 1. The first-order chi connectivity index (χ1) is 14.9. The summed E-state index contributed by atoms with van der Waals surface area (Å²) in [5.41, 5.74) is 3.82. The number of hydrogen-bond donors (Lipinski definition) is 1. The summed E-state index contributed by atoms with van der Waals surface area (Å²) in [6, 6.07) is 11.5. The Balaban J connectivity index is 1.64. The van der Waals surface area contributed by atoms with E-state index in [9.17, 15) is 4.79 Å². The van der Waals surface area contributed by atoms with Crippen LogP contribution in [0.4, 0.5) is 5.69 Å². The lowest BCUT2D eigenvalue weighted by atomic mass is 10.1. The molecule has 0 fully saturated rings. The van der Waals surface area contributed by atoms with Gasteiger partial charge in [0.15, 0.2) is 11.0 Å². The molecule has 0 saturated carbocycles. The molecule has 162 valence electrons. The Kier molecular flexibility index (Phi) is 7.76. The van der Waals surface area contributed by atoms with Gasteiger partial charge >= 0.3 is 0 Å². The van der Waals surface area contributed by atoms with Gasteiger partial charge in [-0.15, -0.1) is 16.8 Å². The third-order valence-electron chi connectivity index (χ3n) is 4.54. The van der Waals surface area contributed by atoms with Crippen LogP contribution in [0.5, 0.6) is 5.75 Å². The topological polar surface area (TPSA) is 69.0 Å². The van der Waals surface area contributed by atoms with E-state index in [1.807, 2.05) is 43.5 Å². The molecule has 6 nitrogen and oxygen atoms in total. The maximum atomic E-state index is 12.4. The van der Waals surface area contributed by atoms with Gasteiger partial charge in [0.05, 0.1) is 5.75 Å². The number of ether oxygens (including phenoxy) is 1. The highest BCUT2D eigenvalue weighted by Gasteiger charge is 2.15. The maximum absolute atomic E-state index is 12.4. The van der Waals surface area contributed by atoms with Crippen molar-refractivity contribution in [2.24, 2.45) is 0 Å². The lowest BCUT2D eigenvalue weighted by Crippen LogP contribution is -2.15. The molecule has 0 aliphatic carbocycles. The number of hydrogen-bond acceptors (Lipinski definition) is 5. The molecule has 0 saturated heterocycles. The molecule has 1 amide bonds. The smallest absolute Gasteiger partial charge is 0.234 e. The van der Waals surface area contributed by atoms with Gasteiger partial charge in [-0.25, -0.2) is 0 Å². The number of thioether (sulfide) groups is 1. The lowest BCUT2D eigenvalue weighted by Gasteiger charge is -2.11. The number of aromatic nitrogens is 3. The van der Waals surface area contributed by atoms with Gasteiger partial charge in [-0.05, 0) is 61.7 Å². The third kappa shape index (κ3) is 6.12. The molecule has 1 heterocycles. The second-order valence-electron chi connectivity index (χ2n) is 7.16. The number of allylic oxidation sites excluding steroid dienone is 1. The fourth-order valence-electron chi connectivity index (χ4n) is 3.07. The van der Waals surface area contributed by atoms with Gasteiger partial charge in [-0.2, -0.15) is 0 Å². The average molecular weight is 457 g/mol. The summed E-state index contributed by atoms with van der Waals surface area (Å²) < 4.78 is 7.83. The highest BCUT2D eigenvalue weighted by molar-refractivity contribution is 7.99. The van der Waals surface area contributed by atoms with Crippen molar-refractivity contribution in [3.63, 3.8) is 0 Å². The molecule has 0 bridgehead atoms. The summed E-state index contributed by atoms with van der Waals surface area (Å²) in [4.78, 5) is 12.4. The number of aryl methyl sites for hydroxylation is 2. The van der Waals surface area contributed by atoms with Crippen LogP contribution < -0.4 is 10.1 Å². The molecule has 2 aromatic carbocycles. The number of nitrogens with one attached hydrogen (secondary N) is 1. The zero-order valence-corrected chi connectivity index (χ0v) is 19.4. The van der Waals surface area contributed by atoms with Crippen molar-refractivity contribution in [2.45, 2.75) is 39.1 Å². The number of anilines is 1. The molecule has 1 N–H and O–H groups in total. The van der Waals surface area contributed by atoms with E-state index in [4.69, 9.17) is 16.3 Å². The van der Waals surface area contributed by atoms with E-state index < -0.39 is 0 Å². The van der Waals surface area contributed by atoms with Gasteiger partial charge in [0.1, 0.15) is 12.4 Å². The fraction of sp³-hybridized carbons (Fsp3) is 0.261. The number of carbonyl (C=O) groups is 1. The van der Waals surface area contributed by atoms with Crippen LogP contribution in [0.15, 0.2) is 54.2 Å². The standard InChI is InChI=1S/C23H25ClN4O2S/c1-5-9-28-21(13-30-18-11-15(2)10-16(3)12-18)26-27-23(28)31-14-22(29)25-20-8-6-7-19(24)17(20)4/h5-8,10-12H,1,9,13-14H2,2-4H3,(H,25,29). The summed E-state index contributed by atoms with van der Waals surface area (Å²) in [5, 5.41) is 12.6. The Hall–Kier alpha value is -2.77. The Morgan fingerprint density at radius 2 is 1.97 bits per heavy atom. The first-order valence-corrected chi connectivity index (χ1v) is 11.2. The van der Waals surface area contributed by atoms with Crippen LogP contribution in [0.3, 0.4) is 0 Å². The zero-order chi connectivity index (χ0) is 22.4. The van der Waals surface area contributed by atoms with Crippen molar-refractivity contribution in [1.29, 1.82) is 0 Å². The number of carbonyl (C=O) groups excluding carboxylic acids is 1. The molecule has 0 spiro atoms. The van der Waals surface area contributed by atoms with E-state index in [1.54, 1.807) is 18.2 Å². The molecule has 3 aromatic rings. The van der Waals surface area contributed by atoms with Crippen LogP contribution >= 0.6 is 23.4 Å². The summed E-state index contributed by atoms with van der Waals surface area (Å²) in [7, 11) is 0. The molecule has 8 heteroatoms. The highest BCUT2D eigenvalue weighted by Crippen LogP contribution is 2.24. The van der Waals surface area contributed by atoms with Gasteiger partial charge in [0.2, 0.25) is 5.91 Å². The van der Waals surface area contributed by atoms with E-state index >= 15 is 0 Å². The maximum Gasteiger partial charge on any atom is 0.234 e. The Bertz CT molecular complexity index is 1080. The number of nitrogens with zero attached hydrogens (tertiary/aromatic N) is 3. The van der Waals surface area contributed by atoms with Crippen molar-refractivity contribution in [3.8, 4) is 5.75 Å². The molecule has 0 unspecified atom stereocenters. The van der Waals surface area contributed by atoms with E-state index in [1.165, 1.54) is 11.8 Å². The molecule has 0 aliphatic rings. The van der Waals surface area contributed by atoms with Crippen LogP contribution in [-0.4, -0.2) is 26.4 Å². The molecule has 0 atom stereocenters. The first-order valence-electron chi connectivity index (χ1n) is 9.79. The number of amides is 1. The second kappa shape index (κ2) is 10.5. The minimum absolute atomic E-state index is 0.142. The molecule has 0 aliphatic heterocycles. The summed E-state index contributed by atoms with van der Waals surface area (Å²) >= 11 is 7.43. The summed E-state index contributed by atoms with van der Waals surface area (Å²) in [6.45, 7) is 10.5. The van der Waals surface area contributed by atoms with Crippen molar-refractivity contribution < 1.29 is 9.53 Å². The molecular formula is C23H25ClN4O2S. The lowest BCUT2D eigenvalue weighted by molar-refractivity contribution is -0.113. The molecule has 31 heavy (non-hydrogen) atoms. The van der Waals surface area contributed by atoms with Gasteiger partial charge in [0.25, 0.3) is 0 Å². The predicted molar refractivity (Wildman–Crippen MR) is 126 cm³/mol. The monoisotopic (exact) mass is 456 g/mol. The van der Waals surface area contributed by atoms with E-state index in [0.717, 1.165) is 22.4 Å². The van der Waals surface area contributed by atoms with Gasteiger partial charge < -0.3 is 10.1 Å². The summed E-state index contributed by atoms with van der Waals surface area (Å²) in [5.74, 6) is 1.51. The minimum Gasteiger partial charge on any atom is -0.486 e. The fourth-order valence-corrected chi connectivity index (χ4v) is 4.01. The first kappa shape index (κ1) is 22.9. The third-order valence-corrected chi connectivity index (χ3v) is 5.92. The Morgan fingerprint density at radius 1 is 1.23 bits per heavy atom. The minimum atomic E-state index is -0.142. The quantitative estimate of drug-likeness (QED) is 0.347. The van der Waals surface area contributed by atoms with Crippen molar-refractivity contribution in [2.75, 3.05) is 11.1 Å². The van der Waals surface area contributed by atoms with Crippen molar-refractivity contribution in [1.82, 2.24) is 14.8 Å². The normalized spacial score (nSPS) is 10.7. The Labute approximate surface area is 191 Å². The van der Waals surface area contributed by atoms with Gasteiger partial charge in [-0.3, -0.25) is 9.36 Å². The average Bonchev–Trinajstić information content (AvgIpc) is 3.09. The van der Waals surface area contributed by atoms with Crippen molar-refractivity contribution >= 4 is 35.0 Å². The largest absolute Gasteiger partial charge is 0.486 e. The second-order valence-corrected chi connectivity index (χ2v) is 8.51. The highest BCUT2D eigenvalue weighted by atomic mass is 35.5.